The summed E-state index contributed by atoms with van der Waals surface area (Å²) in [4.78, 5) is 153. The molecule has 1 aromatic rings. The first-order valence-corrected chi connectivity index (χ1v) is 52.4. The zero-order valence-corrected chi connectivity index (χ0v) is 89.1. The molecule has 1 amide bonds. The van der Waals surface area contributed by atoms with Crippen molar-refractivity contribution in [1.29, 1.82) is 10.5 Å². The molecule has 12 aliphatic rings. The van der Waals surface area contributed by atoms with E-state index < -0.39 is 151 Å². The third kappa shape index (κ3) is 25.1. The van der Waals surface area contributed by atoms with Crippen LogP contribution in [-0.2, 0) is 120 Å². The number of primary amides is 1. The van der Waals surface area contributed by atoms with Crippen LogP contribution in [0.4, 0.5) is 0 Å². The van der Waals surface area contributed by atoms with Crippen LogP contribution in [0.15, 0.2) is 30.3 Å². The fraction of sp³-hybridized carbons (Fsp3) is 0.815. The molecule has 20 unspecified atom stereocenters. The molecule has 12 aliphatic carbocycles. The van der Waals surface area contributed by atoms with E-state index in [4.69, 9.17) is 62.0 Å². The van der Waals surface area contributed by atoms with E-state index in [0.717, 1.165) is 70.6 Å². The topological polar surface area (TPSA) is 423 Å². The molecule has 1 aromatic carbocycles. The standard InChI is InChI=1S/C24H34O7S.C23H38O6.C21H33NO5.C21H31NO4.C19H29NO4/c1-7-24(5,6)22(26)29-18-14-15-13-17(18)19(21(25)30-23(2,3)4)20(15)32(27,28)31-16-11-9-8-10-12-16;1-10-22(8,9)17(24)27-16-12-15-11-14(16)13-23(15,18(25)28-20(2,3)4)19(26)29-21(5,6)7;1-5-19(2,3)17(24)26-15-11-14-10-13(15)12-21(14,16(22)23)18(25)27-20(4)8-6-7-9-20;1-5-19(2,3)17(23)25-16-11-15-10-14(16)12-21(15,13-22)18(24)26-20(4)8-6-7-9-20;1-7-18(5,6)15(21)23-14-9-13-8-12(14)10-19(13,11-20)16(22)24-17(2,3)4/h8-12,15,17-20H,7,13-14H2,1-6H3;14-16H,10-13H2,1-9H3;13-15H,5-12H2,1-4H3,(H2,22,23);14-16H,5-12H2,1-4H3;12-14H,7-10H2,1-6H3. The highest BCUT2D eigenvalue weighted by Gasteiger charge is 2.70. The van der Waals surface area contributed by atoms with Gasteiger partial charge in [-0.25, -0.2) is 0 Å². The number of hydrogen-bond donors (Lipinski definition) is 1. The van der Waals surface area contributed by atoms with Crippen LogP contribution in [0.25, 0.3) is 0 Å². The molecule has 0 spiro atoms. The van der Waals surface area contributed by atoms with Gasteiger partial charge in [-0.15, -0.1) is 0 Å². The van der Waals surface area contributed by atoms with E-state index in [1.54, 1.807) is 113 Å². The minimum atomic E-state index is -4.12. The Bertz CT molecular complexity index is 4790. The second-order valence-corrected chi connectivity index (χ2v) is 51.5. The Morgan fingerprint density at radius 3 is 0.978 bits per heavy atom. The fourth-order valence-corrected chi connectivity index (χ4v) is 24.2. The average molecular weight is 1950 g/mol. The molecule has 0 radical (unpaired) electrons. The molecule has 138 heavy (non-hydrogen) atoms. The molecule has 0 aromatic heterocycles. The highest BCUT2D eigenvalue weighted by Crippen LogP contribution is 2.64. The number of nitrogens with zero attached hydrogens (tertiary/aromatic N) is 2. The van der Waals surface area contributed by atoms with E-state index in [1.807, 2.05) is 118 Å². The number of rotatable bonds is 27. The molecule has 12 saturated carbocycles. The van der Waals surface area contributed by atoms with Crippen molar-refractivity contribution in [2.24, 2.45) is 120 Å². The van der Waals surface area contributed by atoms with Gasteiger partial charge in [0.2, 0.25) is 5.91 Å². The summed E-state index contributed by atoms with van der Waals surface area (Å²) in [6.45, 7) is 53.7. The van der Waals surface area contributed by atoms with Crippen molar-refractivity contribution < 1.29 is 122 Å². The molecule has 10 bridgehead atoms. The molecule has 0 saturated heterocycles. The Balaban J connectivity index is 0.000000194. The highest BCUT2D eigenvalue weighted by atomic mass is 32.2. The number of hydrogen-bond acceptors (Lipinski definition) is 28. The number of nitriles is 2. The first-order valence-electron chi connectivity index (χ1n) is 51.0. The molecule has 29 nitrogen and oxygen atoms in total. The summed E-state index contributed by atoms with van der Waals surface area (Å²) < 4.78 is 94.9. The van der Waals surface area contributed by atoms with Gasteiger partial charge < -0.3 is 62.0 Å². The van der Waals surface area contributed by atoms with Gasteiger partial charge >= 0.3 is 75.8 Å². The van der Waals surface area contributed by atoms with Crippen molar-refractivity contribution >= 4 is 81.7 Å². The third-order valence-corrected chi connectivity index (χ3v) is 34.6. The van der Waals surface area contributed by atoms with Gasteiger partial charge in [0.25, 0.3) is 0 Å². The molecule has 0 heterocycles. The summed E-state index contributed by atoms with van der Waals surface area (Å²) in [7, 11) is -4.12. The summed E-state index contributed by atoms with van der Waals surface area (Å²) in [5.41, 5.74) is -5.42. The molecular weight excluding hydrogens is 1790 g/mol. The molecule has 30 heteroatoms. The normalized spacial score (nSPS) is 30.9. The zero-order valence-electron chi connectivity index (χ0n) is 88.3. The summed E-state index contributed by atoms with van der Waals surface area (Å²) in [6.07, 6.45) is 17.0. The van der Waals surface area contributed by atoms with Gasteiger partial charge in [-0.05, 0) is 405 Å². The van der Waals surface area contributed by atoms with Crippen molar-refractivity contribution in [2.45, 2.75) is 444 Å². The number of para-hydroxylation sites is 1. The summed E-state index contributed by atoms with van der Waals surface area (Å²) in [5, 5.41) is 18.5. The number of benzene rings is 1. The Kier molecular flexibility index (Phi) is 34.3. The van der Waals surface area contributed by atoms with Gasteiger partial charge in [0.1, 0.15) is 80.5 Å². The van der Waals surface area contributed by atoms with Crippen molar-refractivity contribution in [3.05, 3.63) is 30.3 Å². The molecule has 0 aliphatic heterocycles. The van der Waals surface area contributed by atoms with E-state index in [0.29, 0.717) is 103 Å². The maximum Gasteiger partial charge on any atom is 0.327 e. The minimum absolute atomic E-state index is 0.0111. The van der Waals surface area contributed by atoms with Crippen LogP contribution in [-0.4, -0.2) is 149 Å². The quantitative estimate of drug-likeness (QED) is 0.0370. The summed E-state index contributed by atoms with van der Waals surface area (Å²) >= 11 is 0. The van der Waals surface area contributed by atoms with Crippen LogP contribution in [0.3, 0.4) is 0 Å². The Labute approximate surface area is 821 Å². The van der Waals surface area contributed by atoms with Crippen LogP contribution < -0.4 is 9.92 Å². The van der Waals surface area contributed by atoms with Gasteiger partial charge in [0.15, 0.2) is 16.2 Å². The maximum atomic E-state index is 13.3. The summed E-state index contributed by atoms with van der Waals surface area (Å²) in [5.74, 6) is -6.68. The summed E-state index contributed by atoms with van der Waals surface area (Å²) in [6, 6.07) is 12.8. The lowest BCUT2D eigenvalue weighted by Crippen LogP contribution is -2.52. The molecule has 12 fully saturated rings. The predicted octanol–water partition coefficient (Wildman–Crippen LogP) is 19.4. The SMILES string of the molecule is CCC(C)(C)C(=O)OC1CC2CC1C(C(=O)OC(C)(C)C)C2S(=O)(=O)Oc1ccccc1.CCC(C)(C)C(=O)OC1CC2CC1CC2(C#N)C(=O)OC(C)(C)C.CCC(C)(C)C(=O)OC1CC2CC1CC2(C#N)C(=O)OC1(C)CCCC1.CCC(C)(C)C(=O)OC1CC2CC1CC2(C(=O)OC(C)(C)C)C(=O)OC(C)(C)C.CCC(C)(C)C(=O)OC1CC2CC1CC2(C(N)=O)C(=O)OC1(C)CCCC1. The number of carbonyl (C=O) groups excluding carboxylic acids is 12. The van der Waals surface area contributed by atoms with Crippen molar-refractivity contribution in [1.82, 2.24) is 0 Å². The van der Waals surface area contributed by atoms with Crippen molar-refractivity contribution in [3.8, 4) is 17.9 Å². The average Bonchev–Trinajstić information content (AvgIpc) is 1.57. The van der Waals surface area contributed by atoms with E-state index in [2.05, 4.69) is 12.1 Å². The Morgan fingerprint density at radius 2 is 0.674 bits per heavy atom. The second-order valence-electron chi connectivity index (χ2n) is 49.8. The van der Waals surface area contributed by atoms with Gasteiger partial charge in [-0.3, -0.25) is 57.5 Å². The number of ether oxygens (including phenoxy) is 11. The van der Waals surface area contributed by atoms with Crippen LogP contribution >= 0.6 is 0 Å². The number of esters is 11. The first kappa shape index (κ1) is 113. The molecule has 2 N–H and O–H groups in total. The van der Waals surface area contributed by atoms with Crippen molar-refractivity contribution in [2.75, 3.05) is 0 Å². The van der Waals surface area contributed by atoms with E-state index >= 15 is 0 Å². The maximum absolute atomic E-state index is 13.3. The second kappa shape index (κ2) is 41.9. The van der Waals surface area contributed by atoms with Gasteiger partial charge in [-0.2, -0.15) is 18.9 Å². The van der Waals surface area contributed by atoms with Crippen LogP contribution in [0, 0.1) is 136 Å². The molecule has 13 rings (SSSR count). The lowest BCUT2D eigenvalue weighted by Gasteiger charge is -2.39. The zero-order chi connectivity index (χ0) is 104. The van der Waals surface area contributed by atoms with Gasteiger partial charge in [-0.1, -0.05) is 52.8 Å². The third-order valence-electron chi connectivity index (χ3n) is 32.8. The first-order chi connectivity index (χ1) is 63.4. The lowest BCUT2D eigenvalue weighted by molar-refractivity contribution is -0.193. The minimum Gasteiger partial charge on any atom is -0.462 e. The van der Waals surface area contributed by atoms with Gasteiger partial charge in [0.05, 0.1) is 45.1 Å². The molecule has 20 atom stereocenters. The monoisotopic (exact) mass is 1950 g/mol. The smallest absolute Gasteiger partial charge is 0.327 e. The van der Waals surface area contributed by atoms with Crippen molar-refractivity contribution in [3.63, 3.8) is 0 Å². The largest absolute Gasteiger partial charge is 0.462 e. The number of fused-ring (bicyclic) bond motifs is 10. The molecular formula is C108H165N3O26S. The van der Waals surface area contributed by atoms with Crippen LogP contribution in [0.2, 0.25) is 0 Å². The Morgan fingerprint density at radius 1 is 0.370 bits per heavy atom. The number of carbonyl (C=O) groups is 12. The van der Waals surface area contributed by atoms with E-state index in [9.17, 15) is 76.5 Å². The lowest BCUT2D eigenvalue weighted by atomic mass is 9.71. The predicted molar refractivity (Wildman–Crippen MR) is 512 cm³/mol. The molecule has 774 valence electrons. The van der Waals surface area contributed by atoms with Crippen LogP contribution in [0.5, 0.6) is 5.75 Å². The Hall–Kier alpha value is -8.41. The van der Waals surface area contributed by atoms with Crippen LogP contribution in [0.1, 0.15) is 374 Å². The van der Waals surface area contributed by atoms with E-state index in [1.165, 1.54) is 0 Å². The van der Waals surface area contributed by atoms with Gasteiger partial charge in [0, 0.05) is 5.92 Å². The number of nitrogens with two attached hydrogens (primary N) is 1. The highest BCUT2D eigenvalue weighted by molar-refractivity contribution is 7.87. The number of amides is 1. The van der Waals surface area contributed by atoms with E-state index in [-0.39, 0.29) is 119 Å². The fourth-order valence-electron chi connectivity index (χ4n) is 22.4.